The maximum atomic E-state index is 12.9. The number of rotatable bonds is 4. The lowest BCUT2D eigenvalue weighted by Crippen LogP contribution is -2.29. The molecular weight excluding hydrogens is 432 g/mol. The molecule has 7 nitrogen and oxygen atoms in total. The Morgan fingerprint density at radius 3 is 2.66 bits per heavy atom. The second-order valence-corrected chi connectivity index (χ2v) is 8.67. The van der Waals surface area contributed by atoms with Crippen molar-refractivity contribution in [1.82, 2.24) is 25.1 Å². The van der Waals surface area contributed by atoms with Gasteiger partial charge in [0.25, 0.3) is 5.91 Å². The molecule has 3 aromatic rings. The van der Waals surface area contributed by atoms with E-state index in [1.807, 2.05) is 25.1 Å². The highest BCUT2D eigenvalue weighted by Crippen LogP contribution is 2.27. The molecule has 0 saturated carbocycles. The van der Waals surface area contributed by atoms with E-state index in [2.05, 4.69) is 57.2 Å². The van der Waals surface area contributed by atoms with Crippen molar-refractivity contribution in [3.8, 4) is 11.9 Å². The van der Waals surface area contributed by atoms with Gasteiger partial charge in [-0.2, -0.15) is 5.26 Å². The summed E-state index contributed by atoms with van der Waals surface area (Å²) in [7, 11) is 0. The Kier molecular flexibility index (Phi) is 5.80. The molecule has 1 amide bonds. The van der Waals surface area contributed by atoms with Crippen molar-refractivity contribution in [2.45, 2.75) is 39.2 Å². The predicted octanol–water partition coefficient (Wildman–Crippen LogP) is 4.08. The zero-order valence-electron chi connectivity index (χ0n) is 16.6. The Morgan fingerprint density at radius 2 is 2.03 bits per heavy atom. The van der Waals surface area contributed by atoms with E-state index in [-0.39, 0.29) is 11.3 Å². The first-order chi connectivity index (χ1) is 13.7. The molecule has 3 rings (SSSR count). The van der Waals surface area contributed by atoms with E-state index in [1.54, 1.807) is 22.8 Å². The van der Waals surface area contributed by atoms with E-state index in [0.29, 0.717) is 22.8 Å². The molecule has 29 heavy (non-hydrogen) atoms. The molecule has 0 fully saturated rings. The van der Waals surface area contributed by atoms with Crippen LogP contribution in [0.5, 0.6) is 0 Å². The van der Waals surface area contributed by atoms with Gasteiger partial charge in [0.05, 0.1) is 11.6 Å². The minimum absolute atomic E-state index is 0.0775. The number of hydrogen-bond acceptors (Lipinski definition) is 5. The number of pyridine rings is 1. The van der Waals surface area contributed by atoms with Gasteiger partial charge >= 0.3 is 0 Å². The topological polar surface area (TPSA) is 96.5 Å². The van der Waals surface area contributed by atoms with E-state index in [4.69, 9.17) is 5.26 Å². The van der Waals surface area contributed by atoms with Crippen molar-refractivity contribution in [3.05, 3.63) is 69.8 Å². The number of amides is 1. The fourth-order valence-corrected chi connectivity index (χ4v) is 3.30. The number of aromatic nitrogens is 4. The van der Waals surface area contributed by atoms with Crippen molar-refractivity contribution in [1.29, 1.82) is 5.26 Å². The summed E-state index contributed by atoms with van der Waals surface area (Å²) < 4.78 is 2.54. The highest BCUT2D eigenvalue weighted by atomic mass is 79.9. The highest BCUT2D eigenvalue weighted by molar-refractivity contribution is 9.10. The van der Waals surface area contributed by atoms with Crippen molar-refractivity contribution in [2.24, 2.45) is 0 Å². The normalized spacial score (nSPS) is 12.3. The van der Waals surface area contributed by atoms with Gasteiger partial charge < -0.3 is 5.32 Å². The smallest absolute Gasteiger partial charge is 0.251 e. The van der Waals surface area contributed by atoms with Crippen LogP contribution in [0.1, 0.15) is 61.0 Å². The zero-order chi connectivity index (χ0) is 21.2. The van der Waals surface area contributed by atoms with Crippen LogP contribution in [0.15, 0.2) is 47.3 Å². The summed E-state index contributed by atoms with van der Waals surface area (Å²) in [6, 6.07) is 10.7. The highest BCUT2D eigenvalue weighted by Gasteiger charge is 2.21. The van der Waals surface area contributed by atoms with Crippen molar-refractivity contribution >= 4 is 21.8 Å². The summed E-state index contributed by atoms with van der Waals surface area (Å²) in [5.74, 6) is 0.913. The van der Waals surface area contributed by atoms with Crippen LogP contribution in [0.4, 0.5) is 0 Å². The maximum absolute atomic E-state index is 12.9. The Labute approximate surface area is 177 Å². The minimum Gasteiger partial charge on any atom is -0.342 e. The molecular formula is C21H21BrN6O. The summed E-state index contributed by atoms with van der Waals surface area (Å²) in [6.07, 6.45) is 3.01. The zero-order valence-corrected chi connectivity index (χ0v) is 18.2. The third-order valence-electron chi connectivity index (χ3n) is 4.46. The van der Waals surface area contributed by atoms with Crippen LogP contribution < -0.4 is 5.32 Å². The van der Waals surface area contributed by atoms with E-state index >= 15 is 0 Å². The van der Waals surface area contributed by atoms with E-state index < -0.39 is 6.04 Å². The Balaban J connectivity index is 1.84. The third kappa shape index (κ3) is 4.69. The molecule has 1 atom stereocenters. The number of carbonyl (C=O) groups is 1. The predicted molar refractivity (Wildman–Crippen MR) is 113 cm³/mol. The Bertz CT molecular complexity index is 1080. The lowest BCUT2D eigenvalue weighted by molar-refractivity contribution is 0.0937. The van der Waals surface area contributed by atoms with Crippen LogP contribution in [0.25, 0.3) is 5.82 Å². The van der Waals surface area contributed by atoms with Crippen molar-refractivity contribution in [2.75, 3.05) is 0 Å². The standard InChI is InChI=1S/C21H21BrN6O/c1-13(19-27-25-12-28(19)18-6-5-14(10-23)11-24-18)26-20(29)15-7-16(21(2,3)4)9-17(22)8-15/h5-9,11-13H,1-4H3,(H,26,29)/t13-/m0/s1. The summed E-state index contributed by atoms with van der Waals surface area (Å²) in [5, 5.41) is 20.0. The van der Waals surface area contributed by atoms with Gasteiger partial charge in [0.2, 0.25) is 0 Å². The van der Waals surface area contributed by atoms with Crippen LogP contribution in [0, 0.1) is 11.3 Å². The molecule has 0 aliphatic heterocycles. The van der Waals surface area contributed by atoms with Crippen molar-refractivity contribution in [3.63, 3.8) is 0 Å². The first kappa shape index (κ1) is 20.7. The second-order valence-electron chi connectivity index (χ2n) is 7.75. The summed E-state index contributed by atoms with van der Waals surface area (Å²) in [4.78, 5) is 17.1. The largest absolute Gasteiger partial charge is 0.342 e. The number of nitrogens with one attached hydrogen (secondary N) is 1. The molecule has 0 aliphatic carbocycles. The number of hydrogen-bond donors (Lipinski definition) is 1. The quantitative estimate of drug-likeness (QED) is 0.642. The molecule has 0 radical (unpaired) electrons. The van der Waals surface area contributed by atoms with Crippen LogP contribution >= 0.6 is 15.9 Å². The summed E-state index contributed by atoms with van der Waals surface area (Å²) in [6.45, 7) is 8.15. The van der Waals surface area contributed by atoms with E-state index in [0.717, 1.165) is 10.0 Å². The average molecular weight is 453 g/mol. The average Bonchev–Trinajstić information content (AvgIpc) is 3.17. The molecule has 0 aliphatic rings. The molecule has 0 bridgehead atoms. The molecule has 8 heteroatoms. The first-order valence-corrected chi connectivity index (χ1v) is 9.86. The molecule has 1 N–H and O–H groups in total. The molecule has 0 saturated heterocycles. The lowest BCUT2D eigenvalue weighted by atomic mass is 9.86. The summed E-state index contributed by atoms with van der Waals surface area (Å²) >= 11 is 3.49. The SMILES string of the molecule is C[C@H](NC(=O)c1cc(Br)cc(C(C)(C)C)c1)c1nncn1-c1ccc(C#N)cn1. The van der Waals surface area contributed by atoms with Gasteiger partial charge in [-0.25, -0.2) is 4.98 Å². The summed E-state index contributed by atoms with van der Waals surface area (Å²) in [5.41, 5.74) is 2.02. The second kappa shape index (κ2) is 8.13. The number of nitrogens with zero attached hydrogens (tertiary/aromatic N) is 5. The van der Waals surface area contributed by atoms with Gasteiger partial charge in [0.15, 0.2) is 5.82 Å². The molecule has 2 heterocycles. The molecule has 0 spiro atoms. The minimum atomic E-state index is -0.403. The number of halogens is 1. The Hall–Kier alpha value is -3.05. The van der Waals surface area contributed by atoms with Crippen molar-refractivity contribution < 1.29 is 4.79 Å². The van der Waals surface area contributed by atoms with Gasteiger partial charge in [0, 0.05) is 16.2 Å². The van der Waals surface area contributed by atoms with Gasteiger partial charge in [0.1, 0.15) is 18.2 Å². The van der Waals surface area contributed by atoms with Crippen LogP contribution in [0.3, 0.4) is 0 Å². The molecule has 2 aromatic heterocycles. The lowest BCUT2D eigenvalue weighted by Gasteiger charge is -2.21. The molecule has 0 unspecified atom stereocenters. The van der Waals surface area contributed by atoms with Gasteiger partial charge in [-0.05, 0) is 48.2 Å². The molecule has 148 valence electrons. The number of benzene rings is 1. The van der Waals surface area contributed by atoms with E-state index in [1.165, 1.54) is 12.5 Å². The first-order valence-electron chi connectivity index (χ1n) is 9.07. The number of carbonyl (C=O) groups excluding carboxylic acids is 1. The fourth-order valence-electron chi connectivity index (χ4n) is 2.81. The van der Waals surface area contributed by atoms with Crippen LogP contribution in [-0.2, 0) is 5.41 Å². The van der Waals surface area contributed by atoms with E-state index in [9.17, 15) is 4.79 Å². The monoisotopic (exact) mass is 452 g/mol. The van der Waals surface area contributed by atoms with Crippen LogP contribution in [0.2, 0.25) is 0 Å². The van der Waals surface area contributed by atoms with Gasteiger partial charge in [-0.1, -0.05) is 36.7 Å². The van der Waals surface area contributed by atoms with Gasteiger partial charge in [-0.15, -0.1) is 10.2 Å². The Morgan fingerprint density at radius 1 is 1.28 bits per heavy atom. The fraction of sp³-hybridized carbons (Fsp3) is 0.286. The maximum Gasteiger partial charge on any atom is 0.251 e. The number of nitriles is 1. The molecule has 1 aromatic carbocycles. The third-order valence-corrected chi connectivity index (χ3v) is 4.92. The van der Waals surface area contributed by atoms with Crippen LogP contribution in [-0.4, -0.2) is 25.7 Å². The van der Waals surface area contributed by atoms with Gasteiger partial charge in [-0.3, -0.25) is 9.36 Å².